The van der Waals surface area contributed by atoms with E-state index in [1.165, 1.54) is 4.90 Å². The molecule has 1 heterocycles. The predicted molar refractivity (Wildman–Crippen MR) is 146 cm³/mol. The molecule has 1 aliphatic heterocycles. The molecule has 37 heavy (non-hydrogen) atoms. The topological polar surface area (TPSA) is 84.9 Å². The van der Waals surface area contributed by atoms with E-state index >= 15 is 0 Å². The number of thioether (sulfide) groups is 1. The molecule has 0 unspecified atom stereocenters. The lowest BCUT2D eigenvalue weighted by molar-refractivity contribution is -0.123. The van der Waals surface area contributed by atoms with Crippen molar-refractivity contribution in [2.45, 2.75) is 20.8 Å². The van der Waals surface area contributed by atoms with E-state index in [0.29, 0.717) is 17.1 Å². The van der Waals surface area contributed by atoms with E-state index in [4.69, 9.17) is 9.47 Å². The minimum absolute atomic E-state index is 0.146. The van der Waals surface area contributed by atoms with Crippen LogP contribution in [0.3, 0.4) is 0 Å². The van der Waals surface area contributed by atoms with E-state index in [9.17, 15) is 14.4 Å². The van der Waals surface area contributed by atoms with Crippen LogP contribution in [0.2, 0.25) is 0 Å². The van der Waals surface area contributed by atoms with Crippen molar-refractivity contribution in [2.24, 2.45) is 0 Å². The van der Waals surface area contributed by atoms with Gasteiger partial charge in [0.2, 0.25) is 0 Å². The molecular weight excluding hydrogens is 488 g/mol. The zero-order valence-electron chi connectivity index (χ0n) is 20.9. The summed E-state index contributed by atoms with van der Waals surface area (Å²) in [4.78, 5) is 39.3. The Morgan fingerprint density at radius 2 is 1.73 bits per heavy atom. The number of hydrogen-bond donors (Lipinski definition) is 1. The van der Waals surface area contributed by atoms with Crippen molar-refractivity contribution in [2.75, 3.05) is 25.1 Å². The number of carbonyl (C=O) groups is 3. The van der Waals surface area contributed by atoms with Gasteiger partial charge in [-0.3, -0.25) is 19.3 Å². The van der Waals surface area contributed by atoms with E-state index in [0.717, 1.165) is 34.1 Å². The number of anilines is 1. The zero-order chi connectivity index (χ0) is 26.4. The van der Waals surface area contributed by atoms with Gasteiger partial charge in [0.15, 0.2) is 6.61 Å². The van der Waals surface area contributed by atoms with Gasteiger partial charge in [-0.15, -0.1) is 0 Å². The average Bonchev–Trinajstić information content (AvgIpc) is 3.12. The molecule has 0 spiro atoms. The second-order valence-electron chi connectivity index (χ2n) is 8.69. The number of benzene rings is 3. The number of nitrogens with zero attached hydrogens (tertiary/aromatic N) is 1. The lowest BCUT2D eigenvalue weighted by Crippen LogP contribution is -2.32. The van der Waals surface area contributed by atoms with Crippen molar-refractivity contribution in [3.05, 3.63) is 93.9 Å². The van der Waals surface area contributed by atoms with Crippen LogP contribution in [-0.2, 0) is 9.59 Å². The van der Waals surface area contributed by atoms with Gasteiger partial charge in [-0.2, -0.15) is 0 Å². The highest BCUT2D eigenvalue weighted by molar-refractivity contribution is 8.18. The number of carbonyl (C=O) groups excluding carboxylic acids is 3. The van der Waals surface area contributed by atoms with Gasteiger partial charge in [-0.1, -0.05) is 48.0 Å². The van der Waals surface area contributed by atoms with Crippen molar-refractivity contribution in [3.8, 4) is 11.5 Å². The summed E-state index contributed by atoms with van der Waals surface area (Å²) in [5.41, 5.74) is 4.48. The van der Waals surface area contributed by atoms with Gasteiger partial charge in [0, 0.05) is 11.3 Å². The molecule has 7 nitrogen and oxygen atoms in total. The third-order valence-corrected chi connectivity index (χ3v) is 6.57. The maximum atomic E-state index is 12.9. The Balaban J connectivity index is 1.37. The number of aryl methyl sites for hydroxylation is 3. The van der Waals surface area contributed by atoms with Crippen LogP contribution in [0, 0.1) is 20.8 Å². The van der Waals surface area contributed by atoms with E-state index in [1.807, 2.05) is 63.2 Å². The van der Waals surface area contributed by atoms with Gasteiger partial charge in [-0.05, 0) is 74.0 Å². The molecule has 8 heteroatoms. The van der Waals surface area contributed by atoms with Crippen LogP contribution in [0.1, 0.15) is 22.3 Å². The van der Waals surface area contributed by atoms with E-state index in [-0.39, 0.29) is 41.7 Å². The van der Waals surface area contributed by atoms with Crippen LogP contribution in [0.5, 0.6) is 11.5 Å². The first-order chi connectivity index (χ1) is 17.8. The summed E-state index contributed by atoms with van der Waals surface area (Å²) >= 11 is 0.871. The van der Waals surface area contributed by atoms with Crippen molar-refractivity contribution >= 4 is 40.6 Å². The smallest absolute Gasteiger partial charge is 0.293 e. The van der Waals surface area contributed by atoms with Gasteiger partial charge in [0.25, 0.3) is 17.1 Å². The summed E-state index contributed by atoms with van der Waals surface area (Å²) in [6, 6.07) is 20.4. The van der Waals surface area contributed by atoms with Crippen LogP contribution in [0.15, 0.2) is 71.6 Å². The highest BCUT2D eigenvalue weighted by atomic mass is 32.2. The van der Waals surface area contributed by atoms with Crippen LogP contribution < -0.4 is 14.8 Å². The second kappa shape index (κ2) is 11.8. The number of rotatable bonds is 9. The monoisotopic (exact) mass is 516 g/mol. The third-order valence-electron chi connectivity index (χ3n) is 5.67. The van der Waals surface area contributed by atoms with Gasteiger partial charge in [0.1, 0.15) is 18.1 Å². The number of imide groups is 1. The fourth-order valence-corrected chi connectivity index (χ4v) is 4.66. The minimum Gasteiger partial charge on any atom is -0.492 e. The molecule has 1 fully saturated rings. The first-order valence-corrected chi connectivity index (χ1v) is 12.7. The first kappa shape index (κ1) is 26.0. The molecule has 1 aliphatic rings. The molecule has 3 amide bonds. The Morgan fingerprint density at radius 1 is 0.946 bits per heavy atom. The molecule has 4 rings (SSSR count). The fraction of sp³-hybridized carbons (Fsp3) is 0.207. The average molecular weight is 517 g/mol. The molecular formula is C29H28N2O5S. The van der Waals surface area contributed by atoms with Crippen molar-refractivity contribution in [1.29, 1.82) is 0 Å². The highest BCUT2D eigenvalue weighted by Gasteiger charge is 2.35. The number of hydrogen-bond acceptors (Lipinski definition) is 6. The van der Waals surface area contributed by atoms with E-state index < -0.39 is 0 Å². The number of ether oxygens (including phenoxy) is 2. The molecule has 0 aliphatic carbocycles. The van der Waals surface area contributed by atoms with Crippen LogP contribution in [-0.4, -0.2) is 41.7 Å². The Bertz CT molecular complexity index is 1370. The van der Waals surface area contributed by atoms with Crippen molar-refractivity contribution in [1.82, 2.24) is 4.90 Å². The molecule has 190 valence electrons. The molecule has 0 bridgehead atoms. The van der Waals surface area contributed by atoms with Crippen molar-refractivity contribution < 1.29 is 23.9 Å². The summed E-state index contributed by atoms with van der Waals surface area (Å²) in [7, 11) is 0. The number of amides is 3. The van der Waals surface area contributed by atoms with Crippen LogP contribution in [0.4, 0.5) is 10.5 Å². The van der Waals surface area contributed by atoms with Gasteiger partial charge in [0.05, 0.1) is 11.4 Å². The SMILES string of the molecule is Cc1cccc(OCCN2C(=O)S/C(=C\c3ccccc3OCC(=O)Nc3ccc(C)cc3C)C2=O)c1. The molecule has 0 radical (unpaired) electrons. The molecule has 0 atom stereocenters. The zero-order valence-corrected chi connectivity index (χ0v) is 21.8. The number of para-hydroxylation sites is 1. The maximum absolute atomic E-state index is 12.9. The molecule has 0 aromatic heterocycles. The van der Waals surface area contributed by atoms with Gasteiger partial charge in [-0.25, -0.2) is 0 Å². The summed E-state index contributed by atoms with van der Waals surface area (Å²) in [6.45, 7) is 6.03. The van der Waals surface area contributed by atoms with E-state index in [2.05, 4.69) is 5.32 Å². The Morgan fingerprint density at radius 3 is 2.51 bits per heavy atom. The standard InChI is InChI=1S/C29H28N2O5S/c1-19-7-6-9-23(16-19)35-14-13-31-28(33)26(37-29(31)34)17-22-8-4-5-10-25(22)36-18-27(32)30-24-12-11-20(2)15-21(24)3/h4-12,15-17H,13-14,18H2,1-3H3,(H,30,32)/b26-17-. The second-order valence-corrected chi connectivity index (χ2v) is 9.68. The fourth-order valence-electron chi connectivity index (χ4n) is 3.81. The largest absolute Gasteiger partial charge is 0.492 e. The van der Waals surface area contributed by atoms with E-state index in [1.54, 1.807) is 30.3 Å². The lowest BCUT2D eigenvalue weighted by Gasteiger charge is -2.13. The summed E-state index contributed by atoms with van der Waals surface area (Å²) in [6.07, 6.45) is 1.61. The Labute approximate surface area is 220 Å². The van der Waals surface area contributed by atoms with Crippen LogP contribution in [0.25, 0.3) is 6.08 Å². The summed E-state index contributed by atoms with van der Waals surface area (Å²) in [5.74, 6) is 0.448. The molecule has 3 aromatic carbocycles. The minimum atomic E-state index is -0.384. The summed E-state index contributed by atoms with van der Waals surface area (Å²) < 4.78 is 11.5. The third kappa shape index (κ3) is 6.80. The first-order valence-electron chi connectivity index (χ1n) is 11.8. The van der Waals surface area contributed by atoms with Gasteiger partial charge >= 0.3 is 0 Å². The van der Waals surface area contributed by atoms with Crippen molar-refractivity contribution in [3.63, 3.8) is 0 Å². The summed E-state index contributed by atoms with van der Waals surface area (Å²) in [5, 5.41) is 2.50. The molecule has 1 N–H and O–H groups in total. The normalized spacial score (nSPS) is 14.2. The molecule has 1 saturated heterocycles. The molecule has 3 aromatic rings. The van der Waals surface area contributed by atoms with Crippen LogP contribution >= 0.6 is 11.8 Å². The quantitative estimate of drug-likeness (QED) is 0.365. The highest BCUT2D eigenvalue weighted by Crippen LogP contribution is 2.34. The predicted octanol–water partition coefficient (Wildman–Crippen LogP) is 5.74. The number of nitrogens with one attached hydrogen (secondary N) is 1. The Kier molecular flexibility index (Phi) is 8.30. The van der Waals surface area contributed by atoms with Gasteiger partial charge < -0.3 is 14.8 Å². The lowest BCUT2D eigenvalue weighted by atomic mass is 10.1. The molecule has 0 saturated carbocycles. The Hall–Kier alpha value is -4.04. The maximum Gasteiger partial charge on any atom is 0.293 e.